The smallest absolute Gasteiger partial charge is 0.247 e. The molecule has 7 nitrogen and oxygen atoms in total. The first-order valence-electron chi connectivity index (χ1n) is 8.81. The SMILES string of the molecule is C[C@@H](C(=O)N1CCC[C@H](Cc2nc(C3CC3)no2)C1)n1cccn1. The second-order valence-corrected chi connectivity index (χ2v) is 6.98. The van der Waals surface area contributed by atoms with Crippen molar-refractivity contribution in [3.05, 3.63) is 30.2 Å². The Morgan fingerprint density at radius 1 is 1.42 bits per heavy atom. The fourth-order valence-electron chi connectivity index (χ4n) is 3.42. The highest BCUT2D eigenvalue weighted by molar-refractivity contribution is 5.80. The Balaban J connectivity index is 1.36. The lowest BCUT2D eigenvalue weighted by atomic mass is 9.94. The topological polar surface area (TPSA) is 77.0 Å². The number of rotatable bonds is 5. The van der Waals surface area contributed by atoms with Crippen LogP contribution in [-0.2, 0) is 11.2 Å². The zero-order chi connectivity index (χ0) is 16.5. The molecule has 1 aliphatic heterocycles. The predicted molar refractivity (Wildman–Crippen MR) is 86.2 cm³/mol. The minimum absolute atomic E-state index is 0.132. The fraction of sp³-hybridized carbons (Fsp3) is 0.647. The quantitative estimate of drug-likeness (QED) is 0.840. The van der Waals surface area contributed by atoms with Gasteiger partial charge in [-0.2, -0.15) is 10.1 Å². The summed E-state index contributed by atoms with van der Waals surface area (Å²) in [7, 11) is 0. The molecule has 0 unspecified atom stereocenters. The minimum Gasteiger partial charge on any atom is -0.341 e. The van der Waals surface area contributed by atoms with Crippen LogP contribution in [0.3, 0.4) is 0 Å². The molecule has 2 fully saturated rings. The third-order valence-corrected chi connectivity index (χ3v) is 5.00. The average molecular weight is 329 g/mol. The number of piperidine rings is 1. The van der Waals surface area contributed by atoms with Crippen molar-refractivity contribution in [3.63, 3.8) is 0 Å². The number of amides is 1. The number of carbonyl (C=O) groups is 1. The molecule has 1 saturated heterocycles. The zero-order valence-corrected chi connectivity index (χ0v) is 14.0. The molecule has 0 N–H and O–H groups in total. The lowest BCUT2D eigenvalue weighted by Gasteiger charge is -2.33. The highest BCUT2D eigenvalue weighted by Gasteiger charge is 2.31. The molecule has 1 amide bonds. The van der Waals surface area contributed by atoms with Gasteiger partial charge in [0.05, 0.1) is 0 Å². The van der Waals surface area contributed by atoms with Crippen molar-refractivity contribution in [1.29, 1.82) is 0 Å². The summed E-state index contributed by atoms with van der Waals surface area (Å²) in [4.78, 5) is 19.2. The van der Waals surface area contributed by atoms with Crippen LogP contribution in [0.4, 0.5) is 0 Å². The molecular formula is C17H23N5O2. The highest BCUT2D eigenvalue weighted by Crippen LogP contribution is 2.38. The first-order chi connectivity index (χ1) is 11.7. The largest absolute Gasteiger partial charge is 0.341 e. The molecule has 2 aromatic rings. The van der Waals surface area contributed by atoms with Crippen LogP contribution in [0.2, 0.25) is 0 Å². The second-order valence-electron chi connectivity index (χ2n) is 6.98. The van der Waals surface area contributed by atoms with Crippen LogP contribution in [0, 0.1) is 5.92 Å². The van der Waals surface area contributed by atoms with Gasteiger partial charge < -0.3 is 9.42 Å². The van der Waals surface area contributed by atoms with E-state index in [0.717, 1.165) is 44.1 Å². The Morgan fingerprint density at radius 3 is 3.04 bits per heavy atom. The third-order valence-electron chi connectivity index (χ3n) is 5.00. The average Bonchev–Trinajstić information content (AvgIpc) is 3.11. The van der Waals surface area contributed by atoms with E-state index in [1.807, 2.05) is 24.1 Å². The molecule has 1 aliphatic carbocycles. The van der Waals surface area contributed by atoms with E-state index >= 15 is 0 Å². The van der Waals surface area contributed by atoms with Crippen molar-refractivity contribution in [1.82, 2.24) is 24.8 Å². The summed E-state index contributed by atoms with van der Waals surface area (Å²) in [5.41, 5.74) is 0. The van der Waals surface area contributed by atoms with Crippen LogP contribution in [-0.4, -0.2) is 43.8 Å². The lowest BCUT2D eigenvalue weighted by Crippen LogP contribution is -2.43. The predicted octanol–water partition coefficient (Wildman–Crippen LogP) is 2.19. The summed E-state index contributed by atoms with van der Waals surface area (Å²) in [6, 6.07) is 1.58. The van der Waals surface area contributed by atoms with Crippen LogP contribution in [0.15, 0.2) is 23.0 Å². The molecule has 0 bridgehead atoms. The van der Waals surface area contributed by atoms with Crippen molar-refractivity contribution < 1.29 is 9.32 Å². The highest BCUT2D eigenvalue weighted by atomic mass is 16.5. The zero-order valence-electron chi connectivity index (χ0n) is 14.0. The van der Waals surface area contributed by atoms with E-state index in [-0.39, 0.29) is 11.9 Å². The van der Waals surface area contributed by atoms with Gasteiger partial charge in [-0.1, -0.05) is 5.16 Å². The van der Waals surface area contributed by atoms with E-state index in [9.17, 15) is 4.79 Å². The van der Waals surface area contributed by atoms with Gasteiger partial charge in [0, 0.05) is 37.8 Å². The van der Waals surface area contributed by atoms with Gasteiger partial charge in [0.15, 0.2) is 5.82 Å². The molecule has 2 atom stereocenters. The Kier molecular flexibility index (Phi) is 4.08. The normalized spacial score (nSPS) is 22.5. The van der Waals surface area contributed by atoms with E-state index < -0.39 is 0 Å². The molecule has 0 aromatic carbocycles. The molecule has 128 valence electrons. The minimum atomic E-state index is -0.261. The molecule has 24 heavy (non-hydrogen) atoms. The summed E-state index contributed by atoms with van der Waals surface area (Å²) >= 11 is 0. The maximum atomic E-state index is 12.7. The molecule has 3 heterocycles. The van der Waals surface area contributed by atoms with Gasteiger partial charge in [-0.3, -0.25) is 9.48 Å². The van der Waals surface area contributed by atoms with Crippen molar-refractivity contribution >= 4 is 5.91 Å². The van der Waals surface area contributed by atoms with Crippen molar-refractivity contribution in [3.8, 4) is 0 Å². The van der Waals surface area contributed by atoms with Crippen LogP contribution in [0.1, 0.15) is 56.3 Å². The molecule has 2 aromatic heterocycles. The molecule has 0 radical (unpaired) electrons. The van der Waals surface area contributed by atoms with Gasteiger partial charge >= 0.3 is 0 Å². The van der Waals surface area contributed by atoms with Crippen LogP contribution in [0.5, 0.6) is 0 Å². The van der Waals surface area contributed by atoms with Gasteiger partial charge in [-0.25, -0.2) is 0 Å². The first-order valence-corrected chi connectivity index (χ1v) is 8.81. The maximum Gasteiger partial charge on any atom is 0.247 e. The number of aromatic nitrogens is 4. The van der Waals surface area contributed by atoms with Crippen molar-refractivity contribution in [2.45, 2.75) is 51.0 Å². The Labute approximate surface area is 141 Å². The summed E-state index contributed by atoms with van der Waals surface area (Å²) in [5.74, 6) is 2.62. The van der Waals surface area contributed by atoms with Crippen LogP contribution in [0.25, 0.3) is 0 Å². The van der Waals surface area contributed by atoms with Gasteiger partial charge in [0.25, 0.3) is 0 Å². The van der Waals surface area contributed by atoms with Crippen LogP contribution < -0.4 is 0 Å². The van der Waals surface area contributed by atoms with Gasteiger partial charge in [-0.05, 0) is 44.6 Å². The van der Waals surface area contributed by atoms with Gasteiger partial charge in [0.2, 0.25) is 11.8 Å². The van der Waals surface area contributed by atoms with Crippen LogP contribution >= 0.6 is 0 Å². The van der Waals surface area contributed by atoms with Gasteiger partial charge in [-0.15, -0.1) is 0 Å². The molecular weight excluding hydrogens is 306 g/mol. The fourth-order valence-corrected chi connectivity index (χ4v) is 3.42. The molecule has 1 saturated carbocycles. The molecule has 7 heteroatoms. The standard InChI is InChI=1S/C17H23N5O2/c1-12(22-9-3-7-18-22)17(23)21-8-2-4-13(11-21)10-15-19-16(20-24-15)14-5-6-14/h3,7,9,12-14H,2,4-6,8,10-11H2,1H3/t12-,13+/m0/s1. The second kappa shape index (κ2) is 6.37. The van der Waals surface area contributed by atoms with Gasteiger partial charge in [0.1, 0.15) is 6.04 Å². The monoisotopic (exact) mass is 329 g/mol. The first kappa shape index (κ1) is 15.4. The molecule has 0 spiro atoms. The number of hydrogen-bond donors (Lipinski definition) is 0. The third kappa shape index (κ3) is 3.20. The number of likely N-dealkylation sites (tertiary alicyclic amines) is 1. The molecule has 2 aliphatic rings. The number of nitrogens with zero attached hydrogens (tertiary/aromatic N) is 5. The number of carbonyl (C=O) groups excluding carboxylic acids is 1. The maximum absolute atomic E-state index is 12.7. The number of hydrogen-bond acceptors (Lipinski definition) is 5. The summed E-state index contributed by atoms with van der Waals surface area (Å²) < 4.78 is 7.11. The van der Waals surface area contributed by atoms with E-state index in [1.165, 1.54) is 12.8 Å². The Bertz CT molecular complexity index is 692. The lowest BCUT2D eigenvalue weighted by molar-refractivity contribution is -0.136. The van der Waals surface area contributed by atoms with Crippen molar-refractivity contribution in [2.24, 2.45) is 5.92 Å². The summed E-state index contributed by atoms with van der Waals surface area (Å²) in [5, 5.41) is 8.26. The Morgan fingerprint density at radius 2 is 2.29 bits per heavy atom. The van der Waals surface area contributed by atoms with E-state index in [2.05, 4.69) is 15.2 Å². The van der Waals surface area contributed by atoms with E-state index in [4.69, 9.17) is 4.52 Å². The summed E-state index contributed by atoms with van der Waals surface area (Å²) in [6.07, 6.45) is 8.77. The van der Waals surface area contributed by atoms with E-state index in [0.29, 0.717) is 11.8 Å². The van der Waals surface area contributed by atoms with Crippen molar-refractivity contribution in [2.75, 3.05) is 13.1 Å². The Hall–Kier alpha value is -2.18. The molecule has 4 rings (SSSR count). The van der Waals surface area contributed by atoms with E-state index in [1.54, 1.807) is 10.9 Å². The summed E-state index contributed by atoms with van der Waals surface area (Å²) in [6.45, 7) is 3.47.